The lowest BCUT2D eigenvalue weighted by molar-refractivity contribution is 0.102. The van der Waals surface area contributed by atoms with Crippen molar-refractivity contribution in [2.75, 3.05) is 14.8 Å². The second-order valence-electron chi connectivity index (χ2n) is 8.94. The van der Waals surface area contributed by atoms with Crippen LogP contribution in [0, 0.1) is 20.8 Å². The first-order valence-corrected chi connectivity index (χ1v) is 15.1. The number of benzene rings is 4. The van der Waals surface area contributed by atoms with E-state index in [4.69, 9.17) is 11.6 Å². The van der Waals surface area contributed by atoms with Gasteiger partial charge in [-0.1, -0.05) is 41.4 Å². The second-order valence-corrected chi connectivity index (χ2v) is 12.7. The first-order chi connectivity index (χ1) is 18.4. The minimum atomic E-state index is -3.88. The maximum atomic E-state index is 13.0. The summed E-state index contributed by atoms with van der Waals surface area (Å²) in [6.07, 6.45) is 0. The molecule has 0 aliphatic rings. The number of rotatable bonds is 8. The summed E-state index contributed by atoms with van der Waals surface area (Å²) >= 11 is 6.09. The average molecular weight is 584 g/mol. The van der Waals surface area contributed by atoms with Crippen molar-refractivity contribution in [3.8, 4) is 0 Å². The third-order valence-corrected chi connectivity index (χ3v) is 9.19. The summed E-state index contributed by atoms with van der Waals surface area (Å²) in [6.45, 7) is 5.32. The highest BCUT2D eigenvalue weighted by molar-refractivity contribution is 7.93. The summed E-state index contributed by atoms with van der Waals surface area (Å²) in [5.41, 5.74) is 3.41. The van der Waals surface area contributed by atoms with Gasteiger partial charge in [-0.2, -0.15) is 0 Å². The Morgan fingerprint density at radius 3 is 1.87 bits per heavy atom. The first kappa shape index (κ1) is 28.2. The lowest BCUT2D eigenvalue weighted by Gasteiger charge is -2.14. The number of hydrogen-bond acceptors (Lipinski definition) is 5. The molecule has 39 heavy (non-hydrogen) atoms. The van der Waals surface area contributed by atoms with Gasteiger partial charge in [-0.3, -0.25) is 14.2 Å². The summed E-state index contributed by atoms with van der Waals surface area (Å²) in [5.74, 6) is -0.480. The number of sulfonamides is 2. The highest BCUT2D eigenvalue weighted by Gasteiger charge is 2.19. The standard InChI is InChI=1S/C28H26ClN3O5S2/c1-18-7-13-23(14-8-18)39(36,37)32-27-6-4-5-25(20(27)3)28(33)30-21-11-15-24(16-12-21)38(34,35)31-22-10-9-19(2)26(29)17-22/h4-17,31-32H,1-3H3,(H,30,33). The van der Waals surface area contributed by atoms with E-state index >= 15 is 0 Å². The fourth-order valence-corrected chi connectivity index (χ4v) is 6.05. The molecule has 0 atom stereocenters. The van der Waals surface area contributed by atoms with Gasteiger partial charge in [0.05, 0.1) is 21.2 Å². The predicted molar refractivity (Wildman–Crippen MR) is 155 cm³/mol. The number of carbonyl (C=O) groups excluding carboxylic acids is 1. The van der Waals surface area contributed by atoms with Crippen LogP contribution in [0.15, 0.2) is 94.7 Å². The Morgan fingerprint density at radius 1 is 0.692 bits per heavy atom. The molecule has 0 saturated heterocycles. The van der Waals surface area contributed by atoms with E-state index in [0.29, 0.717) is 22.0 Å². The summed E-state index contributed by atoms with van der Waals surface area (Å²) in [5, 5.41) is 3.16. The summed E-state index contributed by atoms with van der Waals surface area (Å²) in [7, 11) is -7.73. The molecule has 0 fully saturated rings. The molecule has 202 valence electrons. The van der Waals surface area contributed by atoms with Crippen LogP contribution in [0.2, 0.25) is 5.02 Å². The highest BCUT2D eigenvalue weighted by atomic mass is 35.5. The number of aryl methyl sites for hydroxylation is 2. The number of hydrogen-bond donors (Lipinski definition) is 3. The van der Waals surface area contributed by atoms with Gasteiger partial charge in [-0.25, -0.2) is 16.8 Å². The van der Waals surface area contributed by atoms with Crippen LogP contribution in [-0.2, 0) is 20.0 Å². The molecule has 4 aromatic rings. The molecule has 0 saturated carbocycles. The lowest BCUT2D eigenvalue weighted by Crippen LogP contribution is -2.17. The average Bonchev–Trinajstić information content (AvgIpc) is 2.88. The molecule has 4 aromatic carbocycles. The fraction of sp³-hybridized carbons (Fsp3) is 0.107. The van der Waals surface area contributed by atoms with Crippen LogP contribution in [-0.4, -0.2) is 22.7 Å². The maximum absolute atomic E-state index is 13.0. The van der Waals surface area contributed by atoms with Crippen molar-refractivity contribution in [3.05, 3.63) is 112 Å². The molecule has 0 heterocycles. The molecule has 8 nitrogen and oxygen atoms in total. The van der Waals surface area contributed by atoms with Crippen LogP contribution >= 0.6 is 11.6 Å². The minimum Gasteiger partial charge on any atom is -0.322 e. The van der Waals surface area contributed by atoms with Crippen LogP contribution in [0.4, 0.5) is 17.1 Å². The molecular weight excluding hydrogens is 558 g/mol. The van der Waals surface area contributed by atoms with Gasteiger partial charge in [-0.05, 0) is 92.6 Å². The molecule has 0 radical (unpaired) electrons. The quantitative estimate of drug-likeness (QED) is 0.231. The van der Waals surface area contributed by atoms with Gasteiger partial charge in [0, 0.05) is 16.3 Å². The van der Waals surface area contributed by atoms with Crippen molar-refractivity contribution >= 4 is 54.6 Å². The topological polar surface area (TPSA) is 121 Å². The van der Waals surface area contributed by atoms with E-state index in [1.807, 2.05) is 13.8 Å². The van der Waals surface area contributed by atoms with Crippen molar-refractivity contribution in [2.24, 2.45) is 0 Å². The smallest absolute Gasteiger partial charge is 0.261 e. The minimum absolute atomic E-state index is 0.000821. The SMILES string of the molecule is Cc1ccc(S(=O)(=O)Nc2cccc(C(=O)Nc3ccc(S(=O)(=O)Nc4ccc(C)c(Cl)c4)cc3)c2C)cc1. The molecule has 1 amide bonds. The van der Waals surface area contributed by atoms with Crippen LogP contribution in [0.5, 0.6) is 0 Å². The van der Waals surface area contributed by atoms with Crippen molar-refractivity contribution in [3.63, 3.8) is 0 Å². The Bertz CT molecular complexity index is 1750. The van der Waals surface area contributed by atoms with E-state index in [0.717, 1.165) is 11.1 Å². The Labute approximate surface area is 233 Å². The molecular formula is C28H26ClN3O5S2. The largest absolute Gasteiger partial charge is 0.322 e. The molecule has 0 aliphatic carbocycles. The van der Waals surface area contributed by atoms with Crippen molar-refractivity contribution in [1.29, 1.82) is 0 Å². The molecule has 11 heteroatoms. The highest BCUT2D eigenvalue weighted by Crippen LogP contribution is 2.25. The van der Waals surface area contributed by atoms with Gasteiger partial charge in [0.2, 0.25) is 0 Å². The number of anilines is 3. The number of nitrogens with one attached hydrogen (secondary N) is 3. The van der Waals surface area contributed by atoms with E-state index in [1.165, 1.54) is 42.5 Å². The Kier molecular flexibility index (Phi) is 8.01. The molecule has 0 unspecified atom stereocenters. The van der Waals surface area contributed by atoms with Gasteiger partial charge < -0.3 is 5.32 Å². The third-order valence-electron chi connectivity index (χ3n) is 6.00. The zero-order chi connectivity index (χ0) is 28.4. The fourth-order valence-electron chi connectivity index (χ4n) is 3.70. The van der Waals surface area contributed by atoms with Crippen molar-refractivity contribution in [1.82, 2.24) is 0 Å². The van der Waals surface area contributed by atoms with Gasteiger partial charge in [0.25, 0.3) is 26.0 Å². The Morgan fingerprint density at radius 2 is 1.26 bits per heavy atom. The Balaban J connectivity index is 1.48. The Hall–Kier alpha value is -3.86. The van der Waals surface area contributed by atoms with E-state index in [1.54, 1.807) is 49.4 Å². The first-order valence-electron chi connectivity index (χ1n) is 11.8. The zero-order valence-electron chi connectivity index (χ0n) is 21.3. The molecule has 0 aromatic heterocycles. The lowest BCUT2D eigenvalue weighted by atomic mass is 10.1. The monoisotopic (exact) mass is 583 g/mol. The van der Waals surface area contributed by atoms with Gasteiger partial charge in [-0.15, -0.1) is 0 Å². The summed E-state index contributed by atoms with van der Waals surface area (Å²) in [4.78, 5) is 13.1. The van der Waals surface area contributed by atoms with E-state index in [9.17, 15) is 21.6 Å². The molecule has 0 bridgehead atoms. The van der Waals surface area contributed by atoms with Crippen molar-refractivity contribution < 1.29 is 21.6 Å². The van der Waals surface area contributed by atoms with E-state index in [-0.39, 0.29) is 21.0 Å². The third kappa shape index (κ3) is 6.59. The van der Waals surface area contributed by atoms with Crippen LogP contribution < -0.4 is 14.8 Å². The molecule has 3 N–H and O–H groups in total. The second kappa shape index (κ2) is 11.1. The number of amides is 1. The molecule has 4 rings (SSSR count). The maximum Gasteiger partial charge on any atom is 0.261 e. The zero-order valence-corrected chi connectivity index (χ0v) is 23.7. The molecule has 0 aliphatic heterocycles. The van der Waals surface area contributed by atoms with Crippen LogP contribution in [0.25, 0.3) is 0 Å². The van der Waals surface area contributed by atoms with E-state index < -0.39 is 26.0 Å². The predicted octanol–water partition coefficient (Wildman–Crippen LogP) is 6.12. The summed E-state index contributed by atoms with van der Waals surface area (Å²) < 4.78 is 56.2. The van der Waals surface area contributed by atoms with Crippen LogP contribution in [0.3, 0.4) is 0 Å². The molecule has 0 spiro atoms. The normalized spacial score (nSPS) is 11.6. The van der Waals surface area contributed by atoms with E-state index in [2.05, 4.69) is 14.8 Å². The van der Waals surface area contributed by atoms with Gasteiger partial charge >= 0.3 is 0 Å². The van der Waals surface area contributed by atoms with Crippen LogP contribution in [0.1, 0.15) is 27.0 Å². The van der Waals surface area contributed by atoms with Gasteiger partial charge in [0.1, 0.15) is 0 Å². The van der Waals surface area contributed by atoms with Crippen molar-refractivity contribution in [2.45, 2.75) is 30.6 Å². The number of halogens is 1. The van der Waals surface area contributed by atoms with Gasteiger partial charge in [0.15, 0.2) is 0 Å². The number of carbonyl (C=O) groups is 1. The summed E-state index contributed by atoms with van der Waals surface area (Å²) in [6, 6.07) is 21.7.